The summed E-state index contributed by atoms with van der Waals surface area (Å²) >= 11 is 0. The molecule has 0 rings (SSSR count). The zero-order valence-electron chi connectivity index (χ0n) is 1.67. The van der Waals surface area contributed by atoms with Crippen molar-refractivity contribution in [3.8, 4) is 0 Å². The van der Waals surface area contributed by atoms with Gasteiger partial charge in [-0.25, -0.2) is 0 Å². The molecule has 0 saturated carbocycles. The molecule has 0 saturated heterocycles. The molecule has 15 valence electrons. The molecule has 0 aromatic rings. The maximum Gasteiger partial charge on any atom is 4.00 e. The van der Waals surface area contributed by atoms with E-state index in [1.807, 2.05) is 0 Å². The molecule has 0 atom stereocenters. The number of hydrogen-bond acceptors (Lipinski definition) is 0. The Balaban J connectivity index is 0. The van der Waals surface area contributed by atoms with Crippen molar-refractivity contribution in [2.75, 3.05) is 0 Å². The van der Waals surface area contributed by atoms with Crippen LogP contribution in [0.15, 0.2) is 0 Å². The van der Waals surface area contributed by atoms with Crippen LogP contribution in [0.2, 0.25) is 0 Å². The Morgan fingerprint density at radius 1 is 1.00 bits per heavy atom. The van der Waals surface area contributed by atoms with Crippen LogP contribution in [0.25, 0.3) is 0 Å². The van der Waals surface area contributed by atoms with Gasteiger partial charge in [-0.15, -0.1) is 0 Å². The molecule has 1 radical (unpaired) electrons. The van der Waals surface area contributed by atoms with Crippen molar-refractivity contribution in [1.82, 2.24) is 0 Å². The van der Waals surface area contributed by atoms with Gasteiger partial charge in [0.25, 0.3) is 0 Å². The Kier molecular flexibility index (Phi) is 169. The van der Waals surface area contributed by atoms with E-state index in [-0.39, 0.29) is 72.2 Å². The summed E-state index contributed by atoms with van der Waals surface area (Å²) in [6.07, 6.45) is 0. The van der Waals surface area contributed by atoms with Crippen LogP contribution in [0.4, 0.5) is 0 Å². The topological polar surface area (TPSA) is 28.5 Å². The van der Waals surface area contributed by atoms with Crippen molar-refractivity contribution >= 4 is 0 Å². The second-order valence-electron chi connectivity index (χ2n) is 0. The maximum absolute atomic E-state index is 0. The summed E-state index contributed by atoms with van der Waals surface area (Å²) in [4.78, 5) is 0. The molecule has 0 unspecified atom stereocenters. The first kappa shape index (κ1) is 35.2. The summed E-state index contributed by atoms with van der Waals surface area (Å²) in [5.74, 6) is 0. The van der Waals surface area contributed by atoms with Crippen LogP contribution >= 0.6 is 0 Å². The fourth-order valence-electron chi connectivity index (χ4n) is 0. The van der Waals surface area contributed by atoms with E-state index >= 15 is 0 Å². The molecule has 0 aliphatic heterocycles. The molecule has 4 heavy (non-hydrogen) atoms. The molecular weight excluding hydrogens is 392 g/mol. The molecule has 0 aromatic carbocycles. The van der Waals surface area contributed by atoms with Crippen LogP contribution in [-0.2, 0) is 72.2 Å². The van der Waals surface area contributed by atoms with Gasteiger partial charge in [0.15, 0.2) is 0 Å². The zero-order chi connectivity index (χ0) is 0. The Morgan fingerprint density at radius 2 is 1.00 bits per heavy atom. The van der Waals surface area contributed by atoms with Gasteiger partial charge in [-0.2, -0.15) is 0 Å². The van der Waals surface area contributed by atoms with Gasteiger partial charge in [-0.1, -0.05) is 0 Å². The quantitative estimate of drug-likeness (QED) is 0.515. The van der Waals surface area contributed by atoms with Crippen LogP contribution in [0.3, 0.4) is 0 Å². The normalized spacial score (nSPS) is 0. The molecule has 0 heterocycles. The van der Waals surface area contributed by atoms with E-state index in [2.05, 4.69) is 0 Å². The molecule has 0 aromatic heterocycles. The summed E-state index contributed by atoms with van der Waals surface area (Å²) in [7, 11) is 0. The van der Waals surface area contributed by atoms with Gasteiger partial charge in [0.1, 0.15) is 0 Å². The molecule has 0 amide bonds. The Bertz CT molecular complexity index is 8.00. The monoisotopic (exact) mass is 392 g/mol. The van der Waals surface area contributed by atoms with Gasteiger partial charge in [0.05, 0.1) is 0 Å². The third-order valence-electron chi connectivity index (χ3n) is 0. The van der Waals surface area contributed by atoms with Crippen molar-refractivity contribution in [2.24, 2.45) is 0 Å². The molecule has 0 N–H and O–H groups in total. The van der Waals surface area contributed by atoms with Crippen molar-refractivity contribution in [3.63, 3.8) is 0 Å². The second-order valence-corrected chi connectivity index (χ2v) is 0. The first-order valence-corrected chi connectivity index (χ1v) is 0. The maximum atomic E-state index is 0. The van der Waals surface area contributed by atoms with E-state index in [9.17, 15) is 0 Å². The third-order valence-corrected chi connectivity index (χ3v) is 0. The van der Waals surface area contributed by atoms with Crippen molar-refractivity contribution < 1.29 is 72.2 Å². The van der Waals surface area contributed by atoms with Gasteiger partial charge in [-0.05, 0) is 0 Å². The van der Waals surface area contributed by atoms with E-state index in [1.165, 1.54) is 0 Å². The zero-order valence-corrected chi connectivity index (χ0v) is 8.80. The summed E-state index contributed by atoms with van der Waals surface area (Å²) in [5.41, 5.74) is 0. The Morgan fingerprint density at radius 3 is 1.00 bits per heavy atom. The molecule has 0 bridgehead atoms. The predicted molar refractivity (Wildman–Crippen MR) is 0.686 cm³/mol. The Labute approximate surface area is 71.4 Å². The minimum absolute atomic E-state index is 0. The minimum atomic E-state index is 0. The van der Waals surface area contributed by atoms with Gasteiger partial charge in [0.2, 0.25) is 0 Å². The summed E-state index contributed by atoms with van der Waals surface area (Å²) in [5, 5.41) is 0. The van der Waals surface area contributed by atoms with Crippen molar-refractivity contribution in [2.45, 2.75) is 0 Å². The van der Waals surface area contributed by atoms with Crippen LogP contribution in [0, 0.1) is 0 Å². The molecular formula is ORuWZr+9. The van der Waals surface area contributed by atoms with Crippen LogP contribution < -0.4 is 0 Å². The van der Waals surface area contributed by atoms with E-state index < -0.39 is 0 Å². The smallest absolute Gasteiger partial charge is 2.00 e. The van der Waals surface area contributed by atoms with Crippen molar-refractivity contribution in [3.05, 3.63) is 0 Å². The molecule has 0 fully saturated rings. The summed E-state index contributed by atoms with van der Waals surface area (Å²) in [6.45, 7) is 0. The summed E-state index contributed by atoms with van der Waals surface area (Å²) < 4.78 is 0. The third kappa shape index (κ3) is 8.91. The summed E-state index contributed by atoms with van der Waals surface area (Å²) in [6, 6.07) is 0. The van der Waals surface area contributed by atoms with Gasteiger partial charge >= 0.3 is 66.7 Å². The largest absolute Gasteiger partial charge is 4.00 e. The minimum Gasteiger partial charge on any atom is -2.00 e. The van der Waals surface area contributed by atoms with E-state index in [4.69, 9.17) is 0 Å². The molecule has 4 heteroatoms. The molecule has 0 aliphatic carbocycles. The first-order valence-electron chi connectivity index (χ1n) is 0. The fraction of sp³-hybridized carbons (Fsp3) is 0. The number of hydrogen-bond donors (Lipinski definition) is 0. The van der Waals surface area contributed by atoms with Gasteiger partial charge in [0, 0.05) is 0 Å². The van der Waals surface area contributed by atoms with Crippen molar-refractivity contribution in [1.29, 1.82) is 0 Å². The predicted octanol–water partition coefficient (Wildman–Crippen LogP) is -0.126. The van der Waals surface area contributed by atoms with E-state index in [0.29, 0.717) is 0 Å². The average Bonchev–Trinajstić information content (AvgIpc) is 0. The Hall–Kier alpha value is 2.15. The number of rotatable bonds is 0. The van der Waals surface area contributed by atoms with Crippen LogP contribution in [0.5, 0.6) is 0 Å². The van der Waals surface area contributed by atoms with Gasteiger partial charge in [-0.3, -0.25) is 0 Å². The molecule has 0 spiro atoms. The SMILES string of the molecule is [O-2].[Ru+3].[W+4].[Zr+4]. The van der Waals surface area contributed by atoms with Crippen LogP contribution in [0.1, 0.15) is 0 Å². The second kappa shape index (κ2) is 19.2. The molecule has 0 aliphatic rings. The first-order chi connectivity index (χ1) is 0. The van der Waals surface area contributed by atoms with E-state index in [1.54, 1.807) is 0 Å². The molecule has 1 nitrogen and oxygen atoms in total. The standard InChI is InChI=1S/O.Ru.W.Zr/q-2;+3;2*+4. The fourth-order valence-corrected chi connectivity index (χ4v) is 0. The van der Waals surface area contributed by atoms with Crippen LogP contribution in [-0.4, -0.2) is 0 Å². The van der Waals surface area contributed by atoms with E-state index in [0.717, 1.165) is 0 Å². The van der Waals surface area contributed by atoms with Gasteiger partial charge < -0.3 is 5.48 Å². The average molecular weight is 392 g/mol.